The van der Waals surface area contributed by atoms with Gasteiger partial charge in [0.15, 0.2) is 16.9 Å². The largest absolute Gasteiger partial charge is 0.383 e. The molecule has 5 fully saturated rings. The van der Waals surface area contributed by atoms with Crippen molar-refractivity contribution in [2.75, 3.05) is 58.9 Å². The van der Waals surface area contributed by atoms with Crippen LogP contribution in [-0.4, -0.2) is 219 Å². The van der Waals surface area contributed by atoms with Crippen molar-refractivity contribution < 1.29 is 57.3 Å². The van der Waals surface area contributed by atoms with Gasteiger partial charge in [0.1, 0.15) is 52.8 Å². The molecular formula is C79H94F3N15O9. The average molecular weight is 1450 g/mol. The second-order valence-electron chi connectivity index (χ2n) is 30.2. The molecule has 3 aromatic carbocycles. The molecule has 2 aliphatic carbocycles. The Bertz CT molecular complexity index is 4720. The number of benzene rings is 3. The fraction of sp³-hybridized carbons (Fsp3) is 0.468. The first-order chi connectivity index (χ1) is 50.5. The second-order valence-corrected chi connectivity index (χ2v) is 30.2. The third-order valence-corrected chi connectivity index (χ3v) is 20.6. The lowest BCUT2D eigenvalue weighted by atomic mass is 9.88. The van der Waals surface area contributed by atoms with E-state index in [4.69, 9.17) is 0 Å². The summed E-state index contributed by atoms with van der Waals surface area (Å²) in [7, 11) is 0. The van der Waals surface area contributed by atoms with Crippen LogP contribution in [0.5, 0.6) is 0 Å². The zero-order valence-corrected chi connectivity index (χ0v) is 61.7. The summed E-state index contributed by atoms with van der Waals surface area (Å²) in [5.74, 6) is -1.32. The van der Waals surface area contributed by atoms with Crippen LogP contribution in [0.4, 0.5) is 13.2 Å². The number of aliphatic hydroxyl groups excluding tert-OH is 3. The van der Waals surface area contributed by atoms with Crippen molar-refractivity contribution in [2.45, 2.75) is 163 Å². The van der Waals surface area contributed by atoms with E-state index in [9.17, 15) is 57.3 Å². The number of carbonyl (C=O) groups excluding carboxylic acids is 6. The molecule has 560 valence electrons. The molecule has 5 aliphatic rings. The topological polar surface area (TPSA) is 273 Å². The van der Waals surface area contributed by atoms with Gasteiger partial charge in [-0.1, -0.05) is 74.1 Å². The number of imidazole rings is 3. The van der Waals surface area contributed by atoms with Crippen molar-refractivity contribution in [1.29, 1.82) is 0 Å². The Morgan fingerprint density at radius 1 is 0.462 bits per heavy atom. The van der Waals surface area contributed by atoms with E-state index in [1.807, 2.05) is 73.6 Å². The fourth-order valence-corrected chi connectivity index (χ4v) is 14.0. The zero-order chi connectivity index (χ0) is 75.7. The molecule has 6 amide bonds. The minimum atomic E-state index is -1.10. The predicted molar refractivity (Wildman–Crippen MR) is 391 cm³/mol. The molecule has 14 rings (SSSR count). The summed E-state index contributed by atoms with van der Waals surface area (Å²) in [5.41, 5.74) is 9.32. The summed E-state index contributed by atoms with van der Waals surface area (Å²) in [6, 6.07) is 23.6. The summed E-state index contributed by atoms with van der Waals surface area (Å²) in [6.07, 6.45) is 8.65. The lowest BCUT2D eigenvalue weighted by molar-refractivity contribution is -0.150. The molecule has 0 unspecified atom stereocenters. The molecule has 0 bridgehead atoms. The van der Waals surface area contributed by atoms with Gasteiger partial charge in [0.25, 0.3) is 35.4 Å². The molecule has 3 saturated heterocycles. The minimum Gasteiger partial charge on any atom is -0.383 e. The van der Waals surface area contributed by atoms with Crippen molar-refractivity contribution in [3.05, 3.63) is 161 Å². The number of fused-ring (bicyclic) bond motifs is 3. The van der Waals surface area contributed by atoms with Crippen LogP contribution >= 0.6 is 0 Å². The molecule has 0 spiro atoms. The molecule has 6 atom stereocenters. The summed E-state index contributed by atoms with van der Waals surface area (Å²) >= 11 is 0. The lowest BCUT2D eigenvalue weighted by Gasteiger charge is -2.41. The monoisotopic (exact) mass is 1450 g/mol. The number of amides is 6. The maximum Gasteiger partial charge on any atom is 0.274 e. The highest BCUT2D eigenvalue weighted by Crippen LogP contribution is 2.36. The molecule has 27 heteroatoms. The molecule has 3 aliphatic heterocycles. The number of rotatable bonds is 16. The summed E-state index contributed by atoms with van der Waals surface area (Å²) < 4.78 is 44.9. The zero-order valence-electron chi connectivity index (χ0n) is 61.7. The van der Waals surface area contributed by atoms with E-state index < -0.39 is 23.7 Å². The number of carbonyl (C=O) groups is 6. The van der Waals surface area contributed by atoms with E-state index in [-0.39, 0.29) is 82.6 Å². The Hall–Kier alpha value is -9.99. The van der Waals surface area contributed by atoms with Gasteiger partial charge in [-0.05, 0) is 172 Å². The number of hydrogen-bond donors (Lipinski definition) is 3. The van der Waals surface area contributed by atoms with Crippen molar-refractivity contribution in [2.24, 2.45) is 17.3 Å². The van der Waals surface area contributed by atoms with Crippen LogP contribution in [0.3, 0.4) is 0 Å². The highest BCUT2D eigenvalue weighted by molar-refractivity contribution is 5.95. The highest BCUT2D eigenvalue weighted by Gasteiger charge is 2.41. The number of piperazine rings is 3. The molecule has 6 aromatic heterocycles. The number of halogens is 3. The van der Waals surface area contributed by atoms with E-state index in [0.717, 1.165) is 59.1 Å². The van der Waals surface area contributed by atoms with E-state index in [1.54, 1.807) is 97.9 Å². The quantitative estimate of drug-likeness (QED) is 0.0812. The van der Waals surface area contributed by atoms with Crippen molar-refractivity contribution in [3.8, 4) is 33.8 Å². The fourth-order valence-electron chi connectivity index (χ4n) is 14.0. The number of aryl methyl sites for hydroxylation is 2. The lowest BCUT2D eigenvalue weighted by Crippen LogP contribution is -2.58. The first-order valence-electron chi connectivity index (χ1n) is 36.8. The number of hydrogen-bond acceptors (Lipinski definition) is 15. The van der Waals surface area contributed by atoms with E-state index >= 15 is 0 Å². The van der Waals surface area contributed by atoms with Gasteiger partial charge in [-0.2, -0.15) is 15.3 Å². The number of aliphatic hydroxyl groups is 3. The van der Waals surface area contributed by atoms with Gasteiger partial charge < -0.3 is 44.7 Å². The molecule has 24 nitrogen and oxygen atoms in total. The third kappa shape index (κ3) is 17.0. The highest BCUT2D eigenvalue weighted by atomic mass is 19.1. The smallest absolute Gasteiger partial charge is 0.274 e. The Kier molecular flexibility index (Phi) is 22.6. The first kappa shape index (κ1) is 75.7. The van der Waals surface area contributed by atoms with E-state index in [1.165, 1.54) is 36.4 Å². The standard InChI is InChI=1S/C27H32FN5O3.C26H30FN5O3.C26H32FN5O3/c1-16(2)21-13-22(19-6-8-20(28)9-7-19)30-33-15-23(29-25(21)33)26(35)31-10-11-32(17(3)14-31)27(36)24(34)12-18-4-5-18;1-3-18-13-21(19-6-8-20(27)9-7-19)29-32-15-22(28-24(18)32)25(34)30-10-11-31(16(2)14-30)26(35)23(33)12-17-4-5-17;1-6-17-13-20(18-7-9-19(27)10-8-18)29-32-15-21(28-23(17)32)24(34)30-11-12-31(16(2)14-30)25(35)22(33)26(3,4)5/h6-9,13,15-18,24,34H,4-5,10-12,14H2,1-3H3;6-9,13,15-17,23,33H,3-5,10-12,14H2,1-2H3;7-10,13,15-16,22,33H,6,11-12,14H2,1-5H3/t17-,24+;16-,23+;16-,22-/m000/s1. The maximum absolute atomic E-state index is 13.4. The normalized spacial score (nSPS) is 18.7. The first-order valence-corrected chi connectivity index (χ1v) is 36.8. The maximum atomic E-state index is 13.4. The molecule has 9 heterocycles. The second kappa shape index (κ2) is 31.6. The van der Waals surface area contributed by atoms with Crippen LogP contribution < -0.4 is 0 Å². The van der Waals surface area contributed by atoms with Crippen LogP contribution in [0.2, 0.25) is 0 Å². The summed E-state index contributed by atoms with van der Waals surface area (Å²) in [6.45, 7) is 22.6. The van der Waals surface area contributed by atoms with Crippen LogP contribution in [0.1, 0.15) is 162 Å². The van der Waals surface area contributed by atoms with Gasteiger partial charge in [0, 0.05) is 99.3 Å². The van der Waals surface area contributed by atoms with Gasteiger partial charge in [-0.3, -0.25) is 28.8 Å². The SMILES string of the molecule is CC(C)c1cc(-c2ccc(F)cc2)nn2cc(C(=O)N3CCN(C(=O)[C@H](O)CC4CC4)[C@@H](C)C3)nc12.CCc1cc(-c2ccc(F)cc2)nn2cc(C(=O)N3CCN(C(=O)[C@H](O)C(C)(C)C)[C@@H](C)C3)nc12.CCc1cc(-c2ccc(F)cc2)nn2cc(C(=O)N3CCN(C(=O)[C@H](O)CC4CC4)[C@@H](C)C3)nc12. The number of nitrogens with zero attached hydrogens (tertiary/aromatic N) is 15. The predicted octanol–water partition coefficient (Wildman–Crippen LogP) is 9.60. The molecule has 106 heavy (non-hydrogen) atoms. The van der Waals surface area contributed by atoms with Crippen molar-refractivity contribution in [1.82, 2.24) is 73.2 Å². The summed E-state index contributed by atoms with van der Waals surface area (Å²) in [5, 5.41) is 44.9. The van der Waals surface area contributed by atoms with Crippen LogP contribution in [0.25, 0.3) is 50.7 Å². The average Bonchev–Trinajstić information content (AvgIpc) is 1.63. The van der Waals surface area contributed by atoms with E-state index in [2.05, 4.69) is 44.1 Å². The molecule has 3 N–H and O–H groups in total. The van der Waals surface area contributed by atoms with Gasteiger partial charge in [0.2, 0.25) is 0 Å². The molecule has 9 aromatic rings. The van der Waals surface area contributed by atoms with Crippen LogP contribution in [0.15, 0.2) is 110 Å². The Labute approximate surface area is 613 Å². The molecule has 0 radical (unpaired) electrons. The van der Waals surface area contributed by atoms with Gasteiger partial charge in [-0.25, -0.2) is 41.7 Å². The van der Waals surface area contributed by atoms with Crippen LogP contribution in [-0.2, 0) is 27.2 Å². The van der Waals surface area contributed by atoms with Gasteiger partial charge in [0.05, 0.1) is 35.7 Å². The van der Waals surface area contributed by atoms with Gasteiger partial charge >= 0.3 is 0 Å². The Morgan fingerprint density at radius 3 is 1.08 bits per heavy atom. The van der Waals surface area contributed by atoms with Gasteiger partial charge in [-0.15, -0.1) is 0 Å². The van der Waals surface area contributed by atoms with Crippen molar-refractivity contribution in [3.63, 3.8) is 0 Å². The number of aromatic nitrogens is 9. The summed E-state index contributed by atoms with van der Waals surface area (Å²) in [4.78, 5) is 102. The minimum absolute atomic E-state index is 0.136. The Balaban J connectivity index is 0.000000149. The molecule has 2 saturated carbocycles. The van der Waals surface area contributed by atoms with Crippen molar-refractivity contribution >= 4 is 52.4 Å². The Morgan fingerprint density at radius 2 is 0.774 bits per heavy atom. The van der Waals surface area contributed by atoms with Crippen LogP contribution in [0, 0.1) is 34.7 Å². The molecular weight excluding hydrogens is 1360 g/mol. The third-order valence-electron chi connectivity index (χ3n) is 20.6. The van der Waals surface area contributed by atoms with E-state index in [0.29, 0.717) is 142 Å².